The summed E-state index contributed by atoms with van der Waals surface area (Å²) in [5.74, 6) is 4.72. The maximum Gasteiger partial charge on any atom is 0.191 e. The van der Waals surface area contributed by atoms with Crippen LogP contribution < -0.4 is 15.4 Å². The topological polar surface area (TPSA) is 45.7 Å². The molecule has 0 amide bonds. The Morgan fingerprint density at radius 2 is 1.91 bits per heavy atom. The molecule has 2 aliphatic carbocycles. The van der Waals surface area contributed by atoms with Crippen molar-refractivity contribution in [2.75, 3.05) is 20.2 Å². The van der Waals surface area contributed by atoms with E-state index in [0.29, 0.717) is 0 Å². The fourth-order valence-corrected chi connectivity index (χ4v) is 3.83. The minimum atomic E-state index is 0.284. The Morgan fingerprint density at radius 3 is 2.61 bits per heavy atom. The number of fused-ring (bicyclic) bond motifs is 1. The lowest BCUT2D eigenvalue weighted by atomic mass is 9.98. The van der Waals surface area contributed by atoms with E-state index in [0.717, 1.165) is 49.0 Å². The largest absolute Gasteiger partial charge is 0.493 e. The van der Waals surface area contributed by atoms with Gasteiger partial charge in [0.2, 0.25) is 0 Å². The molecule has 4 heteroatoms. The summed E-state index contributed by atoms with van der Waals surface area (Å²) in [6, 6.07) is 8.59. The first-order valence-corrected chi connectivity index (χ1v) is 9.04. The Hall–Kier alpha value is -1.71. The molecule has 1 atom stereocenters. The number of hydrogen-bond acceptors (Lipinski definition) is 2. The molecule has 2 saturated carbocycles. The minimum absolute atomic E-state index is 0.284. The number of nitrogens with zero attached hydrogens (tertiary/aromatic N) is 1. The van der Waals surface area contributed by atoms with Gasteiger partial charge in [0.15, 0.2) is 5.96 Å². The summed E-state index contributed by atoms with van der Waals surface area (Å²) in [4.78, 5) is 4.44. The molecule has 0 aromatic heterocycles. The van der Waals surface area contributed by atoms with Crippen LogP contribution in [0.1, 0.15) is 43.7 Å². The summed E-state index contributed by atoms with van der Waals surface area (Å²) in [5, 5.41) is 7.18. The zero-order chi connectivity index (χ0) is 15.6. The third kappa shape index (κ3) is 3.46. The average Bonchev–Trinajstić information content (AvgIpc) is 3.48. The number of guanidine groups is 1. The highest BCUT2D eigenvalue weighted by molar-refractivity contribution is 5.80. The van der Waals surface area contributed by atoms with E-state index in [1.165, 1.54) is 31.2 Å². The first-order valence-electron chi connectivity index (χ1n) is 9.04. The van der Waals surface area contributed by atoms with Crippen molar-refractivity contribution >= 4 is 5.96 Å². The SMILES string of the molecule is CN=C(NCC(C1CC1)C1CC1)NC1CCOc2ccccc21. The first kappa shape index (κ1) is 14.9. The summed E-state index contributed by atoms with van der Waals surface area (Å²) in [6.45, 7) is 1.83. The zero-order valence-corrected chi connectivity index (χ0v) is 13.9. The lowest BCUT2D eigenvalue weighted by Gasteiger charge is -2.28. The number of para-hydroxylation sites is 1. The van der Waals surface area contributed by atoms with E-state index in [4.69, 9.17) is 4.74 Å². The van der Waals surface area contributed by atoms with Gasteiger partial charge in [-0.3, -0.25) is 4.99 Å². The van der Waals surface area contributed by atoms with E-state index >= 15 is 0 Å². The van der Waals surface area contributed by atoms with Gasteiger partial charge in [0.1, 0.15) is 5.75 Å². The van der Waals surface area contributed by atoms with Gasteiger partial charge in [-0.15, -0.1) is 0 Å². The lowest BCUT2D eigenvalue weighted by molar-refractivity contribution is 0.261. The standard InChI is InChI=1S/C19H27N3O/c1-20-19(21-12-16(13-6-7-13)14-8-9-14)22-17-10-11-23-18-5-3-2-4-15(17)18/h2-5,13-14,16-17H,6-12H2,1H3,(H2,20,21,22). The first-order chi connectivity index (χ1) is 11.3. The van der Waals surface area contributed by atoms with Crippen molar-refractivity contribution in [3.63, 3.8) is 0 Å². The van der Waals surface area contributed by atoms with E-state index in [2.05, 4.69) is 33.8 Å². The van der Waals surface area contributed by atoms with Crippen LogP contribution in [0.4, 0.5) is 0 Å². The Kier molecular flexibility index (Phi) is 4.15. The number of ether oxygens (including phenoxy) is 1. The predicted octanol–water partition coefficient (Wildman–Crippen LogP) is 3.11. The lowest BCUT2D eigenvalue weighted by Crippen LogP contribution is -2.43. The third-order valence-electron chi connectivity index (χ3n) is 5.45. The van der Waals surface area contributed by atoms with E-state index in [1.54, 1.807) is 0 Å². The summed E-state index contributed by atoms with van der Waals surface area (Å²) < 4.78 is 5.75. The van der Waals surface area contributed by atoms with Gasteiger partial charge in [0, 0.05) is 25.6 Å². The van der Waals surface area contributed by atoms with Crippen molar-refractivity contribution < 1.29 is 4.74 Å². The van der Waals surface area contributed by atoms with E-state index in [9.17, 15) is 0 Å². The highest BCUT2D eigenvalue weighted by Crippen LogP contribution is 2.48. The number of nitrogens with one attached hydrogen (secondary N) is 2. The molecule has 2 fully saturated rings. The smallest absolute Gasteiger partial charge is 0.191 e. The fourth-order valence-electron chi connectivity index (χ4n) is 3.83. The van der Waals surface area contributed by atoms with Crippen molar-refractivity contribution in [2.24, 2.45) is 22.7 Å². The number of rotatable bonds is 5. The Balaban J connectivity index is 1.37. The third-order valence-corrected chi connectivity index (χ3v) is 5.45. The molecule has 1 aliphatic heterocycles. The molecule has 3 aliphatic rings. The van der Waals surface area contributed by atoms with Crippen molar-refractivity contribution in [2.45, 2.75) is 38.1 Å². The quantitative estimate of drug-likeness (QED) is 0.648. The molecule has 124 valence electrons. The van der Waals surface area contributed by atoms with Gasteiger partial charge in [0.25, 0.3) is 0 Å². The van der Waals surface area contributed by atoms with Gasteiger partial charge in [0.05, 0.1) is 12.6 Å². The van der Waals surface area contributed by atoms with Gasteiger partial charge in [-0.05, 0) is 49.5 Å². The number of aliphatic imine (C=N–C) groups is 1. The van der Waals surface area contributed by atoms with Crippen LogP contribution in [-0.4, -0.2) is 26.2 Å². The molecule has 1 unspecified atom stereocenters. The van der Waals surface area contributed by atoms with Crippen molar-refractivity contribution in [3.8, 4) is 5.75 Å². The average molecular weight is 313 g/mol. The van der Waals surface area contributed by atoms with E-state index < -0.39 is 0 Å². The zero-order valence-electron chi connectivity index (χ0n) is 13.9. The van der Waals surface area contributed by atoms with Crippen LogP contribution in [0.5, 0.6) is 5.75 Å². The van der Waals surface area contributed by atoms with E-state index in [1.807, 2.05) is 13.1 Å². The number of benzene rings is 1. The van der Waals surface area contributed by atoms with Crippen LogP contribution in [0.2, 0.25) is 0 Å². The van der Waals surface area contributed by atoms with Crippen LogP contribution in [0, 0.1) is 17.8 Å². The molecule has 0 spiro atoms. The van der Waals surface area contributed by atoms with Gasteiger partial charge < -0.3 is 15.4 Å². The molecule has 23 heavy (non-hydrogen) atoms. The molecule has 2 N–H and O–H groups in total. The van der Waals surface area contributed by atoms with Crippen molar-refractivity contribution in [1.29, 1.82) is 0 Å². The molecule has 0 saturated heterocycles. The Morgan fingerprint density at radius 1 is 1.17 bits per heavy atom. The predicted molar refractivity (Wildman–Crippen MR) is 92.7 cm³/mol. The Labute approximate surface area is 138 Å². The second kappa shape index (κ2) is 6.42. The minimum Gasteiger partial charge on any atom is -0.493 e. The van der Waals surface area contributed by atoms with Crippen molar-refractivity contribution in [3.05, 3.63) is 29.8 Å². The molecule has 1 aromatic carbocycles. The molecule has 0 radical (unpaired) electrons. The molecule has 4 rings (SSSR count). The van der Waals surface area contributed by atoms with Crippen LogP contribution >= 0.6 is 0 Å². The van der Waals surface area contributed by atoms with Crippen LogP contribution in [-0.2, 0) is 0 Å². The highest BCUT2D eigenvalue weighted by Gasteiger charge is 2.41. The normalized spacial score (nSPS) is 24.1. The summed E-state index contributed by atoms with van der Waals surface area (Å²) in [6.07, 6.45) is 6.71. The second-order valence-electron chi connectivity index (χ2n) is 7.16. The van der Waals surface area contributed by atoms with Gasteiger partial charge >= 0.3 is 0 Å². The van der Waals surface area contributed by atoms with Crippen LogP contribution in [0.3, 0.4) is 0 Å². The summed E-state index contributed by atoms with van der Waals surface area (Å²) in [5.41, 5.74) is 1.24. The Bertz CT molecular complexity index is 566. The maximum atomic E-state index is 5.75. The monoisotopic (exact) mass is 313 g/mol. The van der Waals surface area contributed by atoms with Crippen molar-refractivity contribution in [1.82, 2.24) is 10.6 Å². The van der Waals surface area contributed by atoms with Crippen LogP contribution in [0.15, 0.2) is 29.3 Å². The van der Waals surface area contributed by atoms with E-state index in [-0.39, 0.29) is 6.04 Å². The summed E-state index contributed by atoms with van der Waals surface area (Å²) >= 11 is 0. The van der Waals surface area contributed by atoms with Gasteiger partial charge in [-0.1, -0.05) is 18.2 Å². The second-order valence-corrected chi connectivity index (χ2v) is 7.16. The van der Waals surface area contributed by atoms with Gasteiger partial charge in [-0.2, -0.15) is 0 Å². The number of hydrogen-bond donors (Lipinski definition) is 2. The summed E-state index contributed by atoms with van der Waals surface area (Å²) in [7, 11) is 1.86. The molecule has 1 aromatic rings. The fraction of sp³-hybridized carbons (Fsp3) is 0.632. The molecule has 0 bridgehead atoms. The highest BCUT2D eigenvalue weighted by atomic mass is 16.5. The molecular weight excluding hydrogens is 286 g/mol. The van der Waals surface area contributed by atoms with Crippen LogP contribution in [0.25, 0.3) is 0 Å². The molecule has 4 nitrogen and oxygen atoms in total. The maximum absolute atomic E-state index is 5.75. The molecule has 1 heterocycles. The van der Waals surface area contributed by atoms with Gasteiger partial charge in [-0.25, -0.2) is 0 Å². The molecular formula is C19H27N3O.